The van der Waals surface area contributed by atoms with Crippen molar-refractivity contribution >= 4 is 23.7 Å². The van der Waals surface area contributed by atoms with E-state index in [1.54, 1.807) is 24.4 Å². The van der Waals surface area contributed by atoms with Gasteiger partial charge in [-0.25, -0.2) is 9.78 Å². The average Bonchev–Trinajstić information content (AvgIpc) is 3.46. The molecule has 0 unspecified atom stereocenters. The third kappa shape index (κ3) is 3.68. The Labute approximate surface area is 173 Å². The van der Waals surface area contributed by atoms with Crippen LogP contribution in [0.2, 0.25) is 0 Å². The van der Waals surface area contributed by atoms with Crippen LogP contribution in [0.1, 0.15) is 25.7 Å². The van der Waals surface area contributed by atoms with E-state index < -0.39 is 30.3 Å². The van der Waals surface area contributed by atoms with E-state index in [1.807, 2.05) is 0 Å². The Balaban J connectivity index is 1.39. The van der Waals surface area contributed by atoms with Gasteiger partial charge in [-0.05, 0) is 43.7 Å². The molecule has 3 aliphatic rings. The molecule has 10 heteroatoms. The van der Waals surface area contributed by atoms with Gasteiger partial charge in [-0.15, -0.1) is 0 Å². The number of anilines is 1. The third-order valence-electron chi connectivity index (χ3n) is 6.13. The van der Waals surface area contributed by atoms with Crippen molar-refractivity contribution in [2.24, 2.45) is 5.92 Å². The average molecular weight is 413 g/mol. The number of nitrogens with zero attached hydrogens (tertiary/aromatic N) is 4. The van der Waals surface area contributed by atoms with Gasteiger partial charge in [-0.2, -0.15) is 5.26 Å². The second-order valence-corrected chi connectivity index (χ2v) is 7.86. The van der Waals surface area contributed by atoms with Crippen molar-refractivity contribution in [1.82, 2.24) is 14.8 Å². The highest BCUT2D eigenvalue weighted by atomic mass is 16.5. The molecule has 10 nitrogen and oxygen atoms in total. The predicted octanol–water partition coefficient (Wildman–Crippen LogP) is 1.06. The first kappa shape index (κ1) is 20.1. The molecule has 1 saturated carbocycles. The summed E-state index contributed by atoms with van der Waals surface area (Å²) in [5.41, 5.74) is 0. The minimum atomic E-state index is -1.18. The summed E-state index contributed by atoms with van der Waals surface area (Å²) in [4.78, 5) is 43.8. The van der Waals surface area contributed by atoms with E-state index in [1.165, 1.54) is 9.80 Å². The fraction of sp³-hybridized carbons (Fsp3) is 0.550. The summed E-state index contributed by atoms with van der Waals surface area (Å²) in [5.74, 6) is -0.433. The van der Waals surface area contributed by atoms with Gasteiger partial charge in [-0.1, -0.05) is 6.07 Å². The number of aromatic nitrogens is 1. The highest BCUT2D eigenvalue weighted by molar-refractivity contribution is 5.90. The van der Waals surface area contributed by atoms with Gasteiger partial charge >= 0.3 is 6.09 Å². The number of carbonyl (C=O) groups excluding carboxylic acids is 2. The van der Waals surface area contributed by atoms with Gasteiger partial charge in [0.1, 0.15) is 24.5 Å². The van der Waals surface area contributed by atoms with Crippen LogP contribution in [0, 0.1) is 17.2 Å². The molecule has 5 atom stereocenters. The smallest absolute Gasteiger partial charge is 0.408 e. The highest BCUT2D eigenvalue weighted by Crippen LogP contribution is 2.45. The second-order valence-electron chi connectivity index (χ2n) is 7.86. The number of piperidine rings is 1. The number of rotatable bonds is 5. The van der Waals surface area contributed by atoms with Gasteiger partial charge in [0.15, 0.2) is 0 Å². The fourth-order valence-corrected chi connectivity index (χ4v) is 4.89. The topological polar surface area (TPSA) is 136 Å². The monoisotopic (exact) mass is 413 g/mol. The van der Waals surface area contributed by atoms with Crippen LogP contribution >= 0.6 is 0 Å². The van der Waals surface area contributed by atoms with Gasteiger partial charge in [-0.3, -0.25) is 14.5 Å². The fourth-order valence-electron chi connectivity index (χ4n) is 4.89. The number of pyridine rings is 1. The standard InChI is InChI=1S/C20H23N5O5/c21-10-13-4-3-7-24(13)19(27)18-12-8-14(25(18)20(28)29)15(9-12)30-11-17(26)23-16-5-1-2-6-22-16/h1-2,5-6,12-15,18H,3-4,7-9,11H2,(H,28,29)(H,22,23,26)/t12-,13-,14+,15+,18-/m0/s1. The van der Waals surface area contributed by atoms with E-state index in [2.05, 4.69) is 16.4 Å². The van der Waals surface area contributed by atoms with Crippen molar-refractivity contribution in [1.29, 1.82) is 5.26 Å². The Morgan fingerprint density at radius 3 is 2.87 bits per heavy atom. The molecule has 3 amide bonds. The van der Waals surface area contributed by atoms with Crippen LogP contribution in [0.4, 0.5) is 10.6 Å². The van der Waals surface area contributed by atoms with E-state index in [9.17, 15) is 24.8 Å². The molecule has 2 saturated heterocycles. The van der Waals surface area contributed by atoms with Crippen LogP contribution in [0.15, 0.2) is 24.4 Å². The largest absolute Gasteiger partial charge is 0.465 e. The lowest BCUT2D eigenvalue weighted by Crippen LogP contribution is -2.57. The maximum absolute atomic E-state index is 13.1. The first-order chi connectivity index (χ1) is 14.5. The normalized spacial score (nSPS) is 29.6. The molecule has 1 aliphatic carbocycles. The molecule has 1 aromatic heterocycles. The Morgan fingerprint density at radius 2 is 2.17 bits per heavy atom. The lowest BCUT2D eigenvalue weighted by molar-refractivity contribution is -0.141. The van der Waals surface area contributed by atoms with E-state index in [0.717, 1.165) is 6.42 Å². The molecule has 3 heterocycles. The third-order valence-corrected chi connectivity index (χ3v) is 6.13. The maximum Gasteiger partial charge on any atom is 0.408 e. The van der Waals surface area contributed by atoms with Crippen molar-refractivity contribution in [3.8, 4) is 6.07 Å². The number of fused-ring (bicyclic) bond motifs is 2. The molecule has 158 valence electrons. The minimum absolute atomic E-state index is 0.178. The van der Waals surface area contributed by atoms with Gasteiger partial charge in [0.05, 0.1) is 18.2 Å². The zero-order valence-corrected chi connectivity index (χ0v) is 16.3. The van der Waals surface area contributed by atoms with Gasteiger partial charge in [0.25, 0.3) is 5.91 Å². The first-order valence-corrected chi connectivity index (χ1v) is 10.0. The van der Waals surface area contributed by atoms with Crippen LogP contribution in [0.5, 0.6) is 0 Å². The molecule has 4 rings (SSSR count). The lowest BCUT2D eigenvalue weighted by atomic mass is 9.96. The van der Waals surface area contributed by atoms with Crippen LogP contribution < -0.4 is 5.32 Å². The van der Waals surface area contributed by atoms with E-state index in [-0.39, 0.29) is 24.3 Å². The summed E-state index contributed by atoms with van der Waals surface area (Å²) in [6.07, 6.45) is 2.32. The number of nitriles is 1. The number of likely N-dealkylation sites (tertiary alicyclic amines) is 2. The van der Waals surface area contributed by atoms with Crippen LogP contribution in [0.3, 0.4) is 0 Å². The quantitative estimate of drug-likeness (QED) is 0.736. The number of amides is 3. The number of carbonyl (C=O) groups is 3. The molecule has 0 radical (unpaired) electrons. The van der Waals surface area contributed by atoms with Crippen LogP contribution in [-0.2, 0) is 14.3 Å². The summed E-state index contributed by atoms with van der Waals surface area (Å²) < 4.78 is 5.73. The Hall–Kier alpha value is -3.19. The Morgan fingerprint density at radius 1 is 1.33 bits per heavy atom. The molecule has 0 aromatic carbocycles. The molecule has 2 N–H and O–H groups in total. The number of hydrogen-bond acceptors (Lipinski definition) is 6. The molecule has 2 bridgehead atoms. The molecule has 0 spiro atoms. The zero-order valence-electron chi connectivity index (χ0n) is 16.3. The van der Waals surface area contributed by atoms with E-state index in [4.69, 9.17) is 4.74 Å². The van der Waals surface area contributed by atoms with Crippen molar-refractivity contribution in [3.05, 3.63) is 24.4 Å². The summed E-state index contributed by atoms with van der Waals surface area (Å²) in [6.45, 7) is 0.255. The first-order valence-electron chi connectivity index (χ1n) is 10.0. The summed E-state index contributed by atoms with van der Waals surface area (Å²) in [7, 11) is 0. The van der Waals surface area contributed by atoms with E-state index in [0.29, 0.717) is 31.6 Å². The molecule has 3 fully saturated rings. The lowest BCUT2D eigenvalue weighted by Gasteiger charge is -2.38. The van der Waals surface area contributed by atoms with Crippen molar-refractivity contribution in [3.63, 3.8) is 0 Å². The summed E-state index contributed by atoms with van der Waals surface area (Å²) >= 11 is 0. The van der Waals surface area contributed by atoms with Crippen molar-refractivity contribution < 1.29 is 24.2 Å². The van der Waals surface area contributed by atoms with Gasteiger partial charge in [0, 0.05) is 12.7 Å². The molecular formula is C20H23N5O5. The summed E-state index contributed by atoms with van der Waals surface area (Å²) in [5, 5.41) is 21.6. The summed E-state index contributed by atoms with van der Waals surface area (Å²) in [6, 6.07) is 5.52. The van der Waals surface area contributed by atoms with E-state index >= 15 is 0 Å². The number of nitrogens with one attached hydrogen (secondary N) is 1. The molecule has 2 aliphatic heterocycles. The number of carboxylic acid groups (broad SMARTS) is 1. The number of hydrogen-bond donors (Lipinski definition) is 2. The van der Waals surface area contributed by atoms with Crippen LogP contribution in [0.25, 0.3) is 0 Å². The predicted molar refractivity (Wildman–Crippen MR) is 103 cm³/mol. The van der Waals surface area contributed by atoms with Crippen molar-refractivity contribution in [2.75, 3.05) is 18.5 Å². The van der Waals surface area contributed by atoms with Gasteiger partial charge in [0.2, 0.25) is 5.91 Å². The Bertz CT molecular complexity index is 872. The molecule has 30 heavy (non-hydrogen) atoms. The van der Waals surface area contributed by atoms with Crippen molar-refractivity contribution in [2.45, 2.75) is 49.9 Å². The minimum Gasteiger partial charge on any atom is -0.465 e. The molecular weight excluding hydrogens is 390 g/mol. The molecule has 1 aromatic rings. The number of ether oxygens (including phenoxy) is 1. The zero-order chi connectivity index (χ0) is 21.3. The second kappa shape index (κ2) is 8.28. The SMILES string of the molecule is N#C[C@@H]1CCCN1C(=O)[C@@H]1[C@H]2C[C@H]([C@H](OCC(=O)Nc3ccccn3)C2)N1C(=O)O. The van der Waals surface area contributed by atoms with Crippen LogP contribution in [-0.4, -0.2) is 75.2 Å². The Kier molecular flexibility index (Phi) is 5.55. The van der Waals surface area contributed by atoms with Gasteiger partial charge < -0.3 is 20.1 Å². The maximum atomic E-state index is 13.1. The highest BCUT2D eigenvalue weighted by Gasteiger charge is 2.57.